The van der Waals surface area contributed by atoms with Crippen LogP contribution in [0.25, 0.3) is 11.4 Å². The molecular formula is C15H10ClFN4O. The zero-order valence-corrected chi connectivity index (χ0v) is 11.9. The SMILES string of the molecule is O=C(Nc1ncc(-c2cccc(F)n2)[nH]1)c1ccc(Cl)cc1. The molecule has 7 heteroatoms. The molecule has 0 aliphatic carbocycles. The molecule has 0 aliphatic rings. The lowest BCUT2D eigenvalue weighted by Gasteiger charge is -2.02. The second kappa shape index (κ2) is 5.95. The molecule has 0 spiro atoms. The summed E-state index contributed by atoms with van der Waals surface area (Å²) in [5.74, 6) is -0.662. The van der Waals surface area contributed by atoms with E-state index >= 15 is 0 Å². The summed E-state index contributed by atoms with van der Waals surface area (Å²) in [4.78, 5) is 22.7. The highest BCUT2D eigenvalue weighted by atomic mass is 35.5. The van der Waals surface area contributed by atoms with Crippen LogP contribution >= 0.6 is 11.6 Å². The molecule has 1 aromatic carbocycles. The maximum Gasteiger partial charge on any atom is 0.257 e. The van der Waals surface area contributed by atoms with Gasteiger partial charge in [-0.25, -0.2) is 9.97 Å². The topological polar surface area (TPSA) is 70.7 Å². The minimum atomic E-state index is -0.584. The summed E-state index contributed by atoms with van der Waals surface area (Å²) in [6.45, 7) is 0. The Morgan fingerprint density at radius 1 is 1.18 bits per heavy atom. The highest BCUT2D eigenvalue weighted by Gasteiger charge is 2.10. The van der Waals surface area contributed by atoms with Crippen molar-refractivity contribution in [1.82, 2.24) is 15.0 Å². The van der Waals surface area contributed by atoms with Crippen LogP contribution in [0.4, 0.5) is 10.3 Å². The molecule has 2 heterocycles. The lowest BCUT2D eigenvalue weighted by atomic mass is 10.2. The van der Waals surface area contributed by atoms with Gasteiger partial charge in [0.2, 0.25) is 11.9 Å². The van der Waals surface area contributed by atoms with Crippen molar-refractivity contribution in [3.05, 3.63) is 65.2 Å². The number of hydrogen-bond donors (Lipinski definition) is 2. The number of pyridine rings is 1. The van der Waals surface area contributed by atoms with Crippen molar-refractivity contribution in [3.8, 4) is 11.4 Å². The minimum absolute atomic E-state index is 0.251. The van der Waals surface area contributed by atoms with E-state index in [2.05, 4.69) is 20.3 Å². The third kappa shape index (κ3) is 3.12. The summed E-state index contributed by atoms with van der Waals surface area (Å²) >= 11 is 5.77. The summed E-state index contributed by atoms with van der Waals surface area (Å²) in [7, 11) is 0. The van der Waals surface area contributed by atoms with Crippen LogP contribution in [0.15, 0.2) is 48.7 Å². The Hall–Kier alpha value is -2.73. The van der Waals surface area contributed by atoms with Gasteiger partial charge in [-0.05, 0) is 36.4 Å². The van der Waals surface area contributed by atoms with E-state index in [9.17, 15) is 9.18 Å². The number of aromatic amines is 1. The Kier molecular flexibility index (Phi) is 3.84. The van der Waals surface area contributed by atoms with Gasteiger partial charge in [-0.15, -0.1) is 0 Å². The normalized spacial score (nSPS) is 10.5. The average Bonchev–Trinajstić information content (AvgIpc) is 2.96. The van der Waals surface area contributed by atoms with Gasteiger partial charge in [0.15, 0.2) is 0 Å². The molecule has 0 fully saturated rings. The first-order valence-corrected chi connectivity index (χ1v) is 6.74. The van der Waals surface area contributed by atoms with Crippen molar-refractivity contribution in [2.45, 2.75) is 0 Å². The highest BCUT2D eigenvalue weighted by molar-refractivity contribution is 6.30. The smallest absolute Gasteiger partial charge is 0.257 e. The maximum absolute atomic E-state index is 13.1. The Morgan fingerprint density at radius 3 is 2.68 bits per heavy atom. The van der Waals surface area contributed by atoms with Crippen LogP contribution in [0.3, 0.4) is 0 Å². The van der Waals surface area contributed by atoms with Crippen LogP contribution in [0.2, 0.25) is 5.02 Å². The fourth-order valence-electron chi connectivity index (χ4n) is 1.85. The van der Waals surface area contributed by atoms with E-state index in [1.54, 1.807) is 36.4 Å². The first kappa shape index (κ1) is 14.2. The van der Waals surface area contributed by atoms with Crippen molar-refractivity contribution in [2.75, 3.05) is 5.32 Å². The monoisotopic (exact) mass is 316 g/mol. The number of H-pyrrole nitrogens is 1. The standard InChI is InChI=1S/C15H10ClFN4O/c16-10-6-4-9(5-7-10)14(22)21-15-18-8-12(20-15)11-2-1-3-13(17)19-11/h1-8H,(H2,18,20,21,22). The molecule has 1 amide bonds. The van der Waals surface area contributed by atoms with Crippen molar-refractivity contribution < 1.29 is 9.18 Å². The molecule has 3 aromatic rings. The summed E-state index contributed by atoms with van der Waals surface area (Å²) in [6.07, 6.45) is 1.47. The summed E-state index contributed by atoms with van der Waals surface area (Å²) in [6, 6.07) is 10.9. The van der Waals surface area contributed by atoms with Crippen molar-refractivity contribution in [1.29, 1.82) is 0 Å². The van der Waals surface area contributed by atoms with Crippen molar-refractivity contribution >= 4 is 23.5 Å². The molecule has 22 heavy (non-hydrogen) atoms. The molecule has 3 rings (SSSR count). The van der Waals surface area contributed by atoms with Gasteiger partial charge in [-0.2, -0.15) is 4.39 Å². The fraction of sp³-hybridized carbons (Fsp3) is 0. The second-order valence-electron chi connectivity index (χ2n) is 4.45. The van der Waals surface area contributed by atoms with Crippen LogP contribution in [0.1, 0.15) is 10.4 Å². The number of amides is 1. The summed E-state index contributed by atoms with van der Waals surface area (Å²) in [5.41, 5.74) is 1.36. The largest absolute Gasteiger partial charge is 0.323 e. The highest BCUT2D eigenvalue weighted by Crippen LogP contribution is 2.17. The number of hydrogen-bond acceptors (Lipinski definition) is 3. The third-order valence-corrected chi connectivity index (χ3v) is 3.16. The predicted octanol–water partition coefficient (Wildman–Crippen LogP) is 3.52. The van der Waals surface area contributed by atoms with Gasteiger partial charge >= 0.3 is 0 Å². The van der Waals surface area contributed by atoms with E-state index in [-0.39, 0.29) is 11.9 Å². The van der Waals surface area contributed by atoms with Crippen molar-refractivity contribution in [3.63, 3.8) is 0 Å². The molecule has 0 radical (unpaired) electrons. The molecule has 2 N–H and O–H groups in total. The Morgan fingerprint density at radius 2 is 1.95 bits per heavy atom. The van der Waals surface area contributed by atoms with Crippen LogP contribution < -0.4 is 5.32 Å². The van der Waals surface area contributed by atoms with Crippen LogP contribution in [-0.4, -0.2) is 20.9 Å². The zero-order valence-electron chi connectivity index (χ0n) is 11.2. The molecule has 0 atom stereocenters. The molecule has 0 saturated heterocycles. The van der Waals surface area contributed by atoms with Gasteiger partial charge in [0, 0.05) is 10.6 Å². The Balaban J connectivity index is 1.77. The predicted molar refractivity (Wildman–Crippen MR) is 81.2 cm³/mol. The van der Waals surface area contributed by atoms with E-state index in [0.29, 0.717) is 22.0 Å². The Labute approximate surface area is 130 Å². The number of nitrogens with zero attached hydrogens (tertiary/aromatic N) is 2. The molecule has 110 valence electrons. The van der Waals surface area contributed by atoms with E-state index in [4.69, 9.17) is 11.6 Å². The lowest BCUT2D eigenvalue weighted by molar-refractivity contribution is 0.102. The van der Waals surface area contributed by atoms with E-state index in [1.165, 1.54) is 12.3 Å². The van der Waals surface area contributed by atoms with Gasteiger partial charge in [0.25, 0.3) is 5.91 Å². The quantitative estimate of drug-likeness (QED) is 0.726. The Bertz CT molecular complexity index is 816. The zero-order chi connectivity index (χ0) is 15.5. The molecular weight excluding hydrogens is 307 g/mol. The molecule has 0 bridgehead atoms. The van der Waals surface area contributed by atoms with Crippen LogP contribution in [-0.2, 0) is 0 Å². The molecule has 2 aromatic heterocycles. The molecule has 0 unspecified atom stereocenters. The van der Waals surface area contributed by atoms with Gasteiger partial charge in [-0.3, -0.25) is 10.1 Å². The van der Waals surface area contributed by atoms with Gasteiger partial charge in [0.1, 0.15) is 0 Å². The van der Waals surface area contributed by atoms with Gasteiger partial charge in [-0.1, -0.05) is 17.7 Å². The van der Waals surface area contributed by atoms with Crippen LogP contribution in [0.5, 0.6) is 0 Å². The minimum Gasteiger partial charge on any atom is -0.323 e. The van der Waals surface area contributed by atoms with E-state index < -0.39 is 5.95 Å². The number of imidazole rings is 1. The van der Waals surface area contributed by atoms with Crippen LogP contribution in [0, 0.1) is 5.95 Å². The number of halogens is 2. The second-order valence-corrected chi connectivity index (χ2v) is 4.89. The number of carbonyl (C=O) groups is 1. The molecule has 0 saturated carbocycles. The maximum atomic E-state index is 13.1. The van der Waals surface area contributed by atoms with E-state index in [1.807, 2.05) is 0 Å². The number of benzene rings is 1. The third-order valence-electron chi connectivity index (χ3n) is 2.91. The van der Waals surface area contributed by atoms with Crippen molar-refractivity contribution in [2.24, 2.45) is 0 Å². The summed E-state index contributed by atoms with van der Waals surface area (Å²) < 4.78 is 13.1. The van der Waals surface area contributed by atoms with Gasteiger partial charge < -0.3 is 4.98 Å². The number of aromatic nitrogens is 3. The first-order valence-electron chi connectivity index (χ1n) is 6.37. The number of carbonyl (C=O) groups excluding carboxylic acids is 1. The van der Waals surface area contributed by atoms with E-state index in [0.717, 1.165) is 0 Å². The average molecular weight is 317 g/mol. The number of anilines is 1. The number of rotatable bonds is 3. The molecule has 5 nitrogen and oxygen atoms in total. The summed E-state index contributed by atoms with van der Waals surface area (Å²) in [5, 5.41) is 3.16. The first-order chi connectivity index (χ1) is 10.6. The van der Waals surface area contributed by atoms with Gasteiger partial charge in [0.05, 0.1) is 17.6 Å². The fourth-order valence-corrected chi connectivity index (χ4v) is 1.98. The molecule has 0 aliphatic heterocycles. The lowest BCUT2D eigenvalue weighted by Crippen LogP contribution is -2.12. The number of nitrogens with one attached hydrogen (secondary N) is 2.